The van der Waals surface area contributed by atoms with E-state index in [2.05, 4.69) is 35.7 Å². The quantitative estimate of drug-likeness (QED) is 0.314. The zero-order valence-electron chi connectivity index (χ0n) is 21.1. The normalized spacial score (nSPS) is 9.20. The van der Waals surface area contributed by atoms with Crippen molar-refractivity contribution in [1.29, 1.82) is 0 Å². The number of aryl methyl sites for hydroxylation is 1. The third-order valence-electron chi connectivity index (χ3n) is 4.82. The number of hydrogen-bond acceptors (Lipinski definition) is 6. The minimum atomic E-state index is 0. The largest absolute Gasteiger partial charge is 2.00 e. The summed E-state index contributed by atoms with van der Waals surface area (Å²) in [4.78, 5) is 10.7. The summed E-state index contributed by atoms with van der Waals surface area (Å²) in [5.74, 6) is 1.94. The maximum absolute atomic E-state index is 9.92. The van der Waals surface area contributed by atoms with Crippen LogP contribution in [0, 0.1) is 0 Å². The van der Waals surface area contributed by atoms with Gasteiger partial charge in [0, 0.05) is 5.56 Å². The number of methoxy groups -OCH3 is 1. The van der Waals surface area contributed by atoms with Gasteiger partial charge in [0.25, 0.3) is 0 Å². The molecule has 3 aromatic rings. The van der Waals surface area contributed by atoms with E-state index in [1.54, 1.807) is 13.2 Å². The Kier molecular flexibility index (Phi) is 21.8. The minimum Gasteiger partial charge on any atom is -2.00 e. The maximum Gasteiger partial charge on any atom is 0.119 e. The fourth-order valence-electron chi connectivity index (χ4n) is 3.09. The Morgan fingerprint density at radius 2 is 1.46 bits per heavy atom. The van der Waals surface area contributed by atoms with Crippen molar-refractivity contribution >= 4 is 3.87 Å². The van der Waals surface area contributed by atoms with Crippen molar-refractivity contribution in [3.63, 3.8) is 0 Å². The topological polar surface area (TPSA) is 134 Å². The molecule has 1 heterocycles. The minimum absolute atomic E-state index is 0. The number of ether oxygens (including phenoxy) is 2. The van der Waals surface area contributed by atoms with E-state index < -0.39 is 0 Å². The molecule has 0 radical (unpaired) electrons. The van der Waals surface area contributed by atoms with Gasteiger partial charge in [0.15, 0.2) is 11.5 Å². The van der Waals surface area contributed by atoms with E-state index in [0.29, 0.717) is 12.4 Å². The number of phenolic OH excluding ortho intramolecular Hbond substituents is 1. The van der Waals surface area contributed by atoms with Gasteiger partial charge >= 0.3 is 66.2 Å². The van der Waals surface area contributed by atoms with E-state index in [1.165, 1.54) is 47.7 Å². The summed E-state index contributed by atoms with van der Waals surface area (Å²) < 4.78 is 12.0. The molecule has 2 aromatic carbocycles. The molecule has 189 valence electrons. The molecule has 0 bridgehead atoms. The Balaban J connectivity index is 0. The Morgan fingerprint density at radius 3 is 1.91 bits per heavy atom. The van der Waals surface area contributed by atoms with E-state index in [1.807, 2.05) is 50.8 Å². The summed E-state index contributed by atoms with van der Waals surface area (Å²) in [6.07, 6.45) is 10.9. The molecule has 0 aliphatic carbocycles. The van der Waals surface area contributed by atoms with Crippen molar-refractivity contribution in [2.75, 3.05) is 13.7 Å². The van der Waals surface area contributed by atoms with Crippen molar-refractivity contribution in [3.8, 4) is 17.2 Å². The van der Waals surface area contributed by atoms with E-state index >= 15 is 0 Å². The molecule has 0 amide bonds. The molecule has 0 aliphatic rings. The smallest absolute Gasteiger partial charge is 0.119 e. The van der Waals surface area contributed by atoms with Crippen LogP contribution in [0.3, 0.4) is 0 Å². The van der Waals surface area contributed by atoms with Crippen LogP contribution in [-0.2, 0) is 44.2 Å². The van der Waals surface area contributed by atoms with Crippen LogP contribution in [0.5, 0.6) is 17.2 Å². The first-order valence-electron chi connectivity index (χ1n) is 11.4. The summed E-state index contributed by atoms with van der Waals surface area (Å²) in [5, 5.41) is 9.92. The molecule has 35 heavy (non-hydrogen) atoms. The van der Waals surface area contributed by atoms with E-state index in [0.717, 1.165) is 30.6 Å². The third-order valence-corrected chi connectivity index (χ3v) is 5.47. The molecule has 0 spiro atoms. The molecule has 0 saturated heterocycles. The van der Waals surface area contributed by atoms with Gasteiger partial charge in [-0.05, 0) is 30.9 Å². The van der Waals surface area contributed by atoms with E-state index in [4.69, 9.17) is 9.47 Å². The Labute approximate surface area is 221 Å². The summed E-state index contributed by atoms with van der Waals surface area (Å²) in [5.41, 5.74) is 2.44. The molecule has 0 atom stereocenters. The van der Waals surface area contributed by atoms with Gasteiger partial charge in [0.2, 0.25) is 0 Å². The van der Waals surface area contributed by atoms with Gasteiger partial charge in [-0.3, -0.25) is 0 Å². The van der Waals surface area contributed by atoms with Gasteiger partial charge in [-0.15, -0.1) is 0 Å². The number of hydrogen-bond donors (Lipinski definition) is 1. The molecule has 8 nitrogen and oxygen atoms in total. The molecule has 0 aliphatic heterocycles. The molecule has 9 heteroatoms. The Hall–Kier alpha value is -2.52. The van der Waals surface area contributed by atoms with E-state index in [-0.39, 0.29) is 16.7 Å². The summed E-state index contributed by atoms with van der Waals surface area (Å²) in [7, 11) is 1.68. The van der Waals surface area contributed by atoms with Crippen molar-refractivity contribution in [2.24, 2.45) is 0 Å². The molecular weight excluding hydrogens is 482 g/mol. The molecular formula is C26H36N3O5Ti. The standard InChI is InChI=1S/C16H26O2.C7H7O.C3H3N3.2O.Ti/c1-4-7-8-9-12-18-16-14(6-3)13(5-2)10-11-15(16)17;1-8-7-5-3-2-4-6-7;1-4-2-6-3-5-1;;;/h10-11,17H,4-9,12H2,1-3H3;2-5H,1H3;1-3H;;;/q;;;2*-2;+4. The summed E-state index contributed by atoms with van der Waals surface area (Å²) in [6, 6.07) is 11.7. The van der Waals surface area contributed by atoms with Crippen LogP contribution in [0.25, 0.3) is 0 Å². The SMILES string of the molecule is CCCCCCOc1c(O)ccc(CC)c1CC.COc1cccc[c]1[Ti+4].[O-2].[O-2].c1ncncn1. The van der Waals surface area contributed by atoms with Crippen LogP contribution in [0.15, 0.2) is 55.4 Å². The number of rotatable bonds is 9. The Bertz CT molecular complexity index is 875. The van der Waals surface area contributed by atoms with Crippen molar-refractivity contribution in [2.45, 2.75) is 59.3 Å². The van der Waals surface area contributed by atoms with Gasteiger partial charge in [-0.25, -0.2) is 15.0 Å². The Morgan fingerprint density at radius 1 is 0.829 bits per heavy atom. The van der Waals surface area contributed by atoms with E-state index in [9.17, 15) is 5.11 Å². The third kappa shape index (κ3) is 13.8. The fourth-order valence-corrected chi connectivity index (χ4v) is 3.53. The van der Waals surface area contributed by atoms with Crippen molar-refractivity contribution in [1.82, 2.24) is 15.0 Å². The van der Waals surface area contributed by atoms with Gasteiger partial charge in [-0.1, -0.05) is 46.1 Å². The van der Waals surface area contributed by atoms with Gasteiger partial charge in [-0.2, -0.15) is 0 Å². The second-order valence-electron chi connectivity index (χ2n) is 7.16. The number of para-hydroxylation sites is 1. The molecule has 1 aromatic heterocycles. The number of phenols is 1. The van der Waals surface area contributed by atoms with Gasteiger partial charge in [0.05, 0.1) is 6.61 Å². The first-order valence-corrected chi connectivity index (χ1v) is 12.2. The van der Waals surface area contributed by atoms with Gasteiger partial charge in [0.1, 0.15) is 19.0 Å². The predicted octanol–water partition coefficient (Wildman–Crippen LogP) is 4.98. The first-order chi connectivity index (χ1) is 16.1. The molecule has 0 unspecified atom stereocenters. The second kappa shape index (κ2) is 22.0. The zero-order valence-corrected chi connectivity index (χ0v) is 22.6. The van der Waals surface area contributed by atoms with Crippen LogP contribution in [-0.4, -0.2) is 33.8 Å². The van der Waals surface area contributed by atoms with Crippen LogP contribution in [0.2, 0.25) is 0 Å². The van der Waals surface area contributed by atoms with Crippen LogP contribution in [0.4, 0.5) is 0 Å². The average molecular weight is 518 g/mol. The van der Waals surface area contributed by atoms with Crippen molar-refractivity contribution in [3.05, 3.63) is 66.5 Å². The molecule has 0 saturated carbocycles. The molecule has 0 fully saturated rings. The monoisotopic (exact) mass is 518 g/mol. The number of nitrogens with zero attached hydrogens (tertiary/aromatic N) is 3. The second-order valence-corrected chi connectivity index (χ2v) is 8.00. The molecule has 1 N–H and O–H groups in total. The van der Waals surface area contributed by atoms with Gasteiger partial charge < -0.3 is 20.8 Å². The van der Waals surface area contributed by atoms with Crippen molar-refractivity contribution < 1.29 is 46.0 Å². The first kappa shape index (κ1) is 34.7. The number of unbranched alkanes of at least 4 members (excludes halogenated alkanes) is 3. The number of aromatic hydroxyl groups is 1. The predicted molar refractivity (Wildman–Crippen MR) is 130 cm³/mol. The average Bonchev–Trinajstić information content (AvgIpc) is 2.86. The fraction of sp³-hybridized carbons (Fsp3) is 0.423. The van der Waals surface area contributed by atoms with Crippen LogP contribution < -0.4 is 13.3 Å². The van der Waals surface area contributed by atoms with Crippen LogP contribution in [0.1, 0.15) is 57.6 Å². The maximum atomic E-state index is 9.92. The summed E-state index contributed by atoms with van der Waals surface area (Å²) >= 11 is 2.03. The summed E-state index contributed by atoms with van der Waals surface area (Å²) in [6.45, 7) is 7.15. The zero-order chi connectivity index (χ0) is 24.3. The number of benzene rings is 2. The number of aromatic nitrogens is 3. The molecule has 3 rings (SSSR count). The van der Waals surface area contributed by atoms with Crippen LogP contribution >= 0.6 is 0 Å².